The molecule has 0 aliphatic carbocycles. The molecule has 0 unspecified atom stereocenters. The number of carbonyl (C=O) groups is 4. The summed E-state index contributed by atoms with van der Waals surface area (Å²) >= 11 is 0. The van der Waals surface area contributed by atoms with E-state index in [1.807, 2.05) is 13.8 Å². The monoisotopic (exact) mass is 575 g/mol. The summed E-state index contributed by atoms with van der Waals surface area (Å²) in [5, 5.41) is 12.6. The van der Waals surface area contributed by atoms with Crippen LogP contribution in [-0.4, -0.2) is 94.2 Å². The Balaban J connectivity index is 1.87. The topological polar surface area (TPSA) is 125 Å². The minimum atomic E-state index is -1.18. The summed E-state index contributed by atoms with van der Waals surface area (Å²) in [6, 6.07) is -0.976. The fourth-order valence-corrected chi connectivity index (χ4v) is 7.25. The number of hydrogen-bond donors (Lipinski definition) is 2. The molecule has 3 aliphatic rings. The van der Waals surface area contributed by atoms with E-state index >= 15 is 0 Å². The van der Waals surface area contributed by atoms with Gasteiger partial charge in [-0.15, -0.1) is 13.2 Å². The van der Waals surface area contributed by atoms with Gasteiger partial charge >= 0.3 is 5.97 Å². The number of ether oxygens (including phenoxy) is 2. The van der Waals surface area contributed by atoms with E-state index in [0.29, 0.717) is 32.1 Å². The zero-order valence-electron chi connectivity index (χ0n) is 25.6. The summed E-state index contributed by atoms with van der Waals surface area (Å²) in [6.07, 6.45) is 4.69. The molecule has 10 nitrogen and oxygen atoms in total. The van der Waals surface area contributed by atoms with Gasteiger partial charge in [0.25, 0.3) is 0 Å². The van der Waals surface area contributed by atoms with Crippen LogP contribution in [-0.2, 0) is 28.7 Å². The van der Waals surface area contributed by atoms with Crippen molar-refractivity contribution in [3.63, 3.8) is 0 Å². The standard InChI is InChI=1S/C31H49N3O7/c1-9-11-12-22(36)32-18-20(3)40-28(39)23-21-13-14-31(41-21)24(23)26(37)33(16-17-35)25(31)27(38)34(15-10-2)30(7,8)19-29(4,5)6/h9-10,20-21,23-25,35H,1-2,11-19H2,3-8H3,(H,32,36)/t20-,21-,23+,24+,25-,31+/m0/s1. The first kappa shape index (κ1) is 32.8. The number of β-amino-alcohol motifs (C(OH)–C–C–N with tert-alkyl or cyclic N) is 1. The van der Waals surface area contributed by atoms with Crippen LogP contribution in [0.3, 0.4) is 0 Å². The van der Waals surface area contributed by atoms with Gasteiger partial charge in [-0.1, -0.05) is 32.9 Å². The maximum Gasteiger partial charge on any atom is 0.312 e. The minimum absolute atomic E-state index is 0.0436. The Morgan fingerprint density at radius 2 is 1.93 bits per heavy atom. The zero-order valence-corrected chi connectivity index (χ0v) is 25.6. The number of likely N-dealkylation sites (tertiary alicyclic amines) is 1. The van der Waals surface area contributed by atoms with Crippen molar-refractivity contribution in [1.29, 1.82) is 0 Å². The molecule has 0 saturated carbocycles. The number of amides is 3. The first-order valence-electron chi connectivity index (χ1n) is 14.7. The van der Waals surface area contributed by atoms with Gasteiger partial charge in [0.05, 0.1) is 31.1 Å². The number of allylic oxidation sites excluding steroid dienone is 1. The van der Waals surface area contributed by atoms with Crippen molar-refractivity contribution in [1.82, 2.24) is 15.1 Å². The molecule has 3 rings (SSSR count). The van der Waals surface area contributed by atoms with Crippen LogP contribution in [0.25, 0.3) is 0 Å². The Bertz CT molecular complexity index is 1040. The molecule has 0 aromatic heterocycles. The molecular weight excluding hydrogens is 526 g/mol. The van der Waals surface area contributed by atoms with Crippen molar-refractivity contribution in [2.24, 2.45) is 17.3 Å². The third-order valence-corrected chi connectivity index (χ3v) is 8.40. The van der Waals surface area contributed by atoms with Gasteiger partial charge in [0.1, 0.15) is 17.7 Å². The van der Waals surface area contributed by atoms with Gasteiger partial charge < -0.3 is 29.7 Å². The number of aliphatic hydroxyl groups excluding tert-OH is 1. The molecule has 1 spiro atoms. The Hall–Kier alpha value is -2.72. The lowest BCUT2D eigenvalue weighted by atomic mass is 9.70. The Kier molecular flexibility index (Phi) is 10.1. The second-order valence-corrected chi connectivity index (χ2v) is 13.5. The second kappa shape index (κ2) is 12.7. The van der Waals surface area contributed by atoms with Crippen LogP contribution in [0.1, 0.15) is 73.6 Å². The number of carbonyl (C=O) groups excluding carboxylic acids is 4. The van der Waals surface area contributed by atoms with Crippen LogP contribution in [0.2, 0.25) is 0 Å². The van der Waals surface area contributed by atoms with Gasteiger partial charge in [0, 0.05) is 25.0 Å². The lowest BCUT2D eigenvalue weighted by Crippen LogP contribution is -2.61. The summed E-state index contributed by atoms with van der Waals surface area (Å²) in [6.45, 7) is 19.6. The minimum Gasteiger partial charge on any atom is -0.460 e. The van der Waals surface area contributed by atoms with E-state index in [0.717, 1.165) is 0 Å². The third kappa shape index (κ3) is 6.69. The third-order valence-electron chi connectivity index (χ3n) is 8.40. The molecular formula is C31H49N3O7. The lowest BCUT2D eigenvalue weighted by Gasteiger charge is -2.45. The van der Waals surface area contributed by atoms with Crippen LogP contribution in [0.5, 0.6) is 0 Å². The summed E-state index contributed by atoms with van der Waals surface area (Å²) in [4.78, 5) is 57.0. The van der Waals surface area contributed by atoms with E-state index in [-0.39, 0.29) is 49.4 Å². The Morgan fingerprint density at radius 1 is 1.24 bits per heavy atom. The lowest BCUT2D eigenvalue weighted by molar-refractivity contribution is -0.159. The van der Waals surface area contributed by atoms with Crippen LogP contribution >= 0.6 is 0 Å². The summed E-state index contributed by atoms with van der Waals surface area (Å²) in [7, 11) is 0. The molecule has 3 aliphatic heterocycles. The highest BCUT2D eigenvalue weighted by molar-refractivity contribution is 5.98. The molecule has 0 radical (unpaired) electrons. The molecule has 41 heavy (non-hydrogen) atoms. The molecule has 3 fully saturated rings. The number of aliphatic hydroxyl groups is 1. The van der Waals surface area contributed by atoms with Gasteiger partial charge in [-0.2, -0.15) is 0 Å². The maximum atomic E-state index is 14.5. The molecule has 2 bridgehead atoms. The summed E-state index contributed by atoms with van der Waals surface area (Å²) in [5.41, 5.74) is -1.82. The normalized spacial score (nSPS) is 27.8. The van der Waals surface area contributed by atoms with Gasteiger partial charge in [-0.25, -0.2) is 0 Å². The maximum absolute atomic E-state index is 14.5. The number of fused-ring (bicyclic) bond motifs is 1. The summed E-state index contributed by atoms with van der Waals surface area (Å²) in [5.74, 6) is -3.14. The smallest absolute Gasteiger partial charge is 0.312 e. The first-order chi connectivity index (χ1) is 19.1. The van der Waals surface area contributed by atoms with Crippen molar-refractivity contribution in [2.45, 2.75) is 103 Å². The number of hydrogen-bond acceptors (Lipinski definition) is 7. The fourth-order valence-electron chi connectivity index (χ4n) is 7.25. The second-order valence-electron chi connectivity index (χ2n) is 13.5. The SMILES string of the molecule is C=CCCC(=O)NC[C@H](C)OC(=O)[C@@H]1[C@@H]2CC[C@]3(O2)[C@H](C(=O)N(CC=C)C(C)(C)CC(C)(C)C)N(CCO)C(=O)[C@@H]13. The van der Waals surface area contributed by atoms with Gasteiger partial charge in [0.15, 0.2) is 0 Å². The number of rotatable bonds is 14. The van der Waals surface area contributed by atoms with Crippen LogP contribution in [0, 0.1) is 17.3 Å². The molecule has 2 N–H and O–H groups in total. The van der Waals surface area contributed by atoms with E-state index in [2.05, 4.69) is 39.2 Å². The van der Waals surface area contributed by atoms with Gasteiger partial charge in [-0.3, -0.25) is 19.2 Å². The quantitative estimate of drug-likeness (QED) is 0.241. The zero-order chi connectivity index (χ0) is 30.8. The highest BCUT2D eigenvalue weighted by Gasteiger charge is 2.75. The van der Waals surface area contributed by atoms with E-state index < -0.39 is 47.2 Å². The van der Waals surface area contributed by atoms with Crippen LogP contribution < -0.4 is 5.32 Å². The van der Waals surface area contributed by atoms with Crippen molar-refractivity contribution in [3.8, 4) is 0 Å². The van der Waals surface area contributed by atoms with E-state index in [9.17, 15) is 24.3 Å². The van der Waals surface area contributed by atoms with Crippen molar-refractivity contribution >= 4 is 23.7 Å². The predicted molar refractivity (Wildman–Crippen MR) is 154 cm³/mol. The predicted octanol–water partition coefficient (Wildman–Crippen LogP) is 2.60. The summed E-state index contributed by atoms with van der Waals surface area (Å²) < 4.78 is 12.2. The van der Waals surface area contributed by atoms with E-state index in [1.54, 1.807) is 24.0 Å². The number of nitrogens with one attached hydrogen (secondary N) is 1. The van der Waals surface area contributed by atoms with E-state index in [4.69, 9.17) is 9.47 Å². The van der Waals surface area contributed by atoms with Crippen molar-refractivity contribution in [2.75, 3.05) is 26.2 Å². The molecule has 10 heteroatoms. The van der Waals surface area contributed by atoms with Gasteiger partial charge in [-0.05, 0) is 51.9 Å². The fraction of sp³-hybridized carbons (Fsp3) is 0.742. The average Bonchev–Trinajstić information content (AvgIpc) is 3.50. The molecule has 3 heterocycles. The van der Waals surface area contributed by atoms with Crippen molar-refractivity contribution < 1.29 is 33.8 Å². The number of esters is 1. The average molecular weight is 576 g/mol. The highest BCUT2D eigenvalue weighted by Crippen LogP contribution is 2.59. The Labute approximate surface area is 244 Å². The largest absolute Gasteiger partial charge is 0.460 e. The van der Waals surface area contributed by atoms with E-state index in [1.165, 1.54) is 4.90 Å². The molecule has 230 valence electrons. The highest BCUT2D eigenvalue weighted by atomic mass is 16.6. The van der Waals surface area contributed by atoms with Crippen LogP contribution in [0.4, 0.5) is 0 Å². The van der Waals surface area contributed by atoms with Crippen LogP contribution in [0.15, 0.2) is 25.3 Å². The first-order valence-corrected chi connectivity index (χ1v) is 14.7. The molecule has 3 amide bonds. The number of nitrogens with zero attached hydrogens (tertiary/aromatic N) is 2. The van der Waals surface area contributed by atoms with Crippen molar-refractivity contribution in [3.05, 3.63) is 25.3 Å². The molecule has 3 saturated heterocycles. The Morgan fingerprint density at radius 3 is 2.51 bits per heavy atom. The molecule has 6 atom stereocenters. The van der Waals surface area contributed by atoms with Gasteiger partial charge in [0.2, 0.25) is 17.7 Å². The molecule has 0 aromatic carbocycles. The molecule has 0 aromatic rings.